The van der Waals surface area contributed by atoms with E-state index in [1.54, 1.807) is 17.2 Å². The van der Waals surface area contributed by atoms with E-state index >= 15 is 0 Å². The van der Waals surface area contributed by atoms with E-state index in [-0.39, 0.29) is 11.3 Å². The highest BCUT2D eigenvalue weighted by atomic mass is 16.3. The SMILES string of the molecule is CCN(C(=O)[C@]1(O)CC[C@@]2(C)C(=CCC3C2CC[C@@]2(C)C3CC[C@@H]2[C@H](C)CCCC(C)C)C1)N(C)NC. The van der Waals surface area contributed by atoms with Gasteiger partial charge in [-0.25, -0.2) is 5.43 Å². The van der Waals surface area contributed by atoms with Crippen LogP contribution in [0.15, 0.2) is 11.6 Å². The predicted octanol–water partition coefficient (Wildman–Crippen LogP) is 6.59. The van der Waals surface area contributed by atoms with Gasteiger partial charge in [-0.2, -0.15) is 5.12 Å². The number of nitrogens with one attached hydrogen (secondary N) is 1. The molecule has 37 heavy (non-hydrogen) atoms. The fraction of sp³-hybridized carbons (Fsp3) is 0.906. The summed E-state index contributed by atoms with van der Waals surface area (Å²) in [6.45, 7) is 14.9. The molecule has 1 amide bonds. The van der Waals surface area contributed by atoms with Gasteiger partial charge in [0, 0.05) is 27.1 Å². The molecule has 0 aliphatic heterocycles. The van der Waals surface area contributed by atoms with Gasteiger partial charge in [0.1, 0.15) is 5.60 Å². The number of carbonyl (C=O) groups is 1. The van der Waals surface area contributed by atoms with Crippen molar-refractivity contribution in [2.75, 3.05) is 20.6 Å². The Labute approximate surface area is 227 Å². The van der Waals surface area contributed by atoms with Crippen LogP contribution in [0.25, 0.3) is 0 Å². The Kier molecular flexibility index (Phi) is 8.59. The second kappa shape index (κ2) is 10.9. The molecule has 4 aliphatic carbocycles. The first-order valence-electron chi connectivity index (χ1n) is 15.6. The molecule has 2 N–H and O–H groups in total. The normalized spacial score (nSPS) is 40.1. The molecule has 4 rings (SSSR count). The van der Waals surface area contributed by atoms with Crippen LogP contribution in [-0.2, 0) is 4.79 Å². The number of allylic oxidation sites excluding steroid dienone is 1. The maximum absolute atomic E-state index is 13.5. The number of fused-ring (bicyclic) bond motifs is 5. The van der Waals surface area contributed by atoms with Gasteiger partial charge in [0.05, 0.1) is 0 Å². The molecule has 0 spiro atoms. The van der Waals surface area contributed by atoms with Gasteiger partial charge in [-0.1, -0.05) is 65.5 Å². The van der Waals surface area contributed by atoms with Gasteiger partial charge in [0.2, 0.25) is 0 Å². The molecule has 0 radical (unpaired) electrons. The van der Waals surface area contributed by atoms with Crippen molar-refractivity contribution in [3.63, 3.8) is 0 Å². The smallest absolute Gasteiger partial charge is 0.270 e. The van der Waals surface area contributed by atoms with E-state index in [1.807, 2.05) is 14.0 Å². The monoisotopic (exact) mass is 515 g/mol. The summed E-state index contributed by atoms with van der Waals surface area (Å²) in [5, 5.41) is 15.0. The molecule has 212 valence electrons. The Balaban J connectivity index is 1.49. The number of hydrazine groups is 2. The first kappa shape index (κ1) is 29.1. The lowest BCUT2D eigenvalue weighted by molar-refractivity contribution is -0.176. The van der Waals surface area contributed by atoms with E-state index in [2.05, 4.69) is 46.1 Å². The molecule has 0 aromatic rings. The third-order valence-corrected chi connectivity index (χ3v) is 12.0. The Bertz CT molecular complexity index is 857. The lowest BCUT2D eigenvalue weighted by atomic mass is 9.46. The number of hydrogen-bond acceptors (Lipinski definition) is 4. The molecule has 5 heteroatoms. The minimum Gasteiger partial charge on any atom is -0.380 e. The van der Waals surface area contributed by atoms with E-state index in [9.17, 15) is 9.90 Å². The molecule has 8 atom stereocenters. The average Bonchev–Trinajstić information content (AvgIpc) is 3.21. The number of hydrogen-bond donors (Lipinski definition) is 2. The summed E-state index contributed by atoms with van der Waals surface area (Å²) in [4.78, 5) is 13.5. The first-order chi connectivity index (χ1) is 17.4. The largest absolute Gasteiger partial charge is 0.380 e. The second-order valence-corrected chi connectivity index (χ2v) is 14.3. The van der Waals surface area contributed by atoms with Crippen molar-refractivity contribution in [1.29, 1.82) is 0 Å². The average molecular weight is 516 g/mol. The van der Waals surface area contributed by atoms with Crippen LogP contribution in [0.5, 0.6) is 0 Å². The van der Waals surface area contributed by atoms with Gasteiger partial charge < -0.3 is 5.11 Å². The molecule has 3 unspecified atom stereocenters. The fourth-order valence-electron chi connectivity index (χ4n) is 9.71. The topological polar surface area (TPSA) is 55.8 Å². The van der Waals surface area contributed by atoms with E-state index in [0.717, 1.165) is 42.4 Å². The summed E-state index contributed by atoms with van der Waals surface area (Å²) >= 11 is 0. The van der Waals surface area contributed by atoms with Crippen molar-refractivity contribution < 1.29 is 9.90 Å². The van der Waals surface area contributed by atoms with Crippen LogP contribution >= 0.6 is 0 Å². The van der Waals surface area contributed by atoms with Gasteiger partial charge in [-0.3, -0.25) is 9.80 Å². The molecule has 5 nitrogen and oxygen atoms in total. The van der Waals surface area contributed by atoms with Crippen molar-refractivity contribution in [3.8, 4) is 0 Å². The van der Waals surface area contributed by atoms with Gasteiger partial charge in [-0.05, 0) is 98.2 Å². The van der Waals surface area contributed by atoms with Crippen LogP contribution in [-0.4, -0.2) is 47.4 Å². The lowest BCUT2D eigenvalue weighted by Gasteiger charge is -2.59. The zero-order valence-electron chi connectivity index (χ0n) is 25.3. The number of carbonyl (C=O) groups excluding carboxylic acids is 1. The zero-order chi connectivity index (χ0) is 27.2. The van der Waals surface area contributed by atoms with Crippen molar-refractivity contribution in [2.24, 2.45) is 46.3 Å². The predicted molar refractivity (Wildman–Crippen MR) is 152 cm³/mol. The number of rotatable bonds is 9. The van der Waals surface area contributed by atoms with E-state index < -0.39 is 5.60 Å². The van der Waals surface area contributed by atoms with Crippen molar-refractivity contribution >= 4 is 5.91 Å². The van der Waals surface area contributed by atoms with Crippen LogP contribution in [0, 0.1) is 46.3 Å². The van der Waals surface area contributed by atoms with Crippen LogP contribution in [0.1, 0.15) is 112 Å². The molecule has 0 saturated heterocycles. The van der Waals surface area contributed by atoms with Crippen LogP contribution in [0.3, 0.4) is 0 Å². The number of aliphatic hydroxyl groups is 1. The lowest BCUT2D eigenvalue weighted by Crippen LogP contribution is -2.60. The highest BCUT2D eigenvalue weighted by molar-refractivity contribution is 5.85. The highest BCUT2D eigenvalue weighted by Crippen LogP contribution is 2.67. The van der Waals surface area contributed by atoms with Crippen LogP contribution < -0.4 is 5.43 Å². The van der Waals surface area contributed by atoms with Crippen molar-refractivity contribution in [3.05, 3.63) is 11.6 Å². The van der Waals surface area contributed by atoms with Gasteiger partial charge in [0.15, 0.2) is 0 Å². The number of amides is 1. The second-order valence-electron chi connectivity index (χ2n) is 14.3. The van der Waals surface area contributed by atoms with E-state index in [4.69, 9.17) is 0 Å². The van der Waals surface area contributed by atoms with Crippen LogP contribution in [0.4, 0.5) is 0 Å². The minimum absolute atomic E-state index is 0.129. The standard InChI is InChI=1S/C32H57N3O2/c1-9-35(34(8)33-7)29(36)32(37)20-19-30(5)24(21-32)13-14-25-27-16-15-26(23(4)12-10-11-22(2)3)31(27,6)18-17-28(25)30/h13,22-23,25-28,33,37H,9-12,14-21H2,1-8H3/t23-,25?,26-,27?,28?,30+,31-,32+/m1/s1. The molecule has 0 aromatic heterocycles. The molecule has 0 heterocycles. The summed E-state index contributed by atoms with van der Waals surface area (Å²) in [7, 11) is 3.64. The summed E-state index contributed by atoms with van der Waals surface area (Å²) < 4.78 is 0. The van der Waals surface area contributed by atoms with Gasteiger partial charge >= 0.3 is 0 Å². The van der Waals surface area contributed by atoms with Gasteiger partial charge in [0.25, 0.3) is 5.91 Å². The third-order valence-electron chi connectivity index (χ3n) is 12.0. The molecular weight excluding hydrogens is 458 g/mol. The summed E-state index contributed by atoms with van der Waals surface area (Å²) in [6.07, 6.45) is 15.2. The van der Waals surface area contributed by atoms with E-state index in [1.165, 1.54) is 50.5 Å². The van der Waals surface area contributed by atoms with E-state index in [0.29, 0.717) is 30.7 Å². The zero-order valence-corrected chi connectivity index (χ0v) is 25.3. The Morgan fingerprint density at radius 2 is 1.84 bits per heavy atom. The summed E-state index contributed by atoms with van der Waals surface area (Å²) in [6, 6.07) is 0. The summed E-state index contributed by atoms with van der Waals surface area (Å²) in [5.41, 5.74) is 3.70. The fourth-order valence-corrected chi connectivity index (χ4v) is 9.71. The maximum Gasteiger partial charge on any atom is 0.270 e. The Morgan fingerprint density at radius 1 is 1.11 bits per heavy atom. The summed E-state index contributed by atoms with van der Waals surface area (Å²) in [5.74, 6) is 4.66. The number of nitrogens with zero attached hydrogens (tertiary/aromatic N) is 2. The third kappa shape index (κ3) is 5.07. The van der Waals surface area contributed by atoms with Crippen LogP contribution in [0.2, 0.25) is 0 Å². The quantitative estimate of drug-likeness (QED) is 0.269. The molecule has 0 aromatic carbocycles. The molecule has 3 fully saturated rings. The first-order valence-corrected chi connectivity index (χ1v) is 15.6. The van der Waals surface area contributed by atoms with Crippen molar-refractivity contribution in [2.45, 2.75) is 118 Å². The Morgan fingerprint density at radius 3 is 2.49 bits per heavy atom. The molecule has 4 aliphatic rings. The Hall–Kier alpha value is -0.910. The van der Waals surface area contributed by atoms with Crippen molar-refractivity contribution in [1.82, 2.24) is 15.6 Å². The minimum atomic E-state index is -1.30. The molecule has 0 bridgehead atoms. The maximum atomic E-state index is 13.5. The van der Waals surface area contributed by atoms with Gasteiger partial charge in [-0.15, -0.1) is 0 Å². The molecular formula is C32H57N3O2. The number of likely N-dealkylation sites (N-methyl/N-ethyl adjacent to an activating group) is 1. The molecule has 3 saturated carbocycles. The highest BCUT2D eigenvalue weighted by Gasteiger charge is 2.60.